The van der Waals surface area contributed by atoms with Gasteiger partial charge in [0, 0.05) is 6.42 Å². The Kier molecular flexibility index (Phi) is 2.83. The number of ketones is 1. The summed E-state index contributed by atoms with van der Waals surface area (Å²) in [6, 6.07) is 0. The van der Waals surface area contributed by atoms with Crippen molar-refractivity contribution in [3.05, 3.63) is 22.8 Å². The van der Waals surface area contributed by atoms with Gasteiger partial charge >= 0.3 is 0 Å². The lowest BCUT2D eigenvalue weighted by atomic mass is 9.52. The van der Waals surface area contributed by atoms with Crippen molar-refractivity contribution in [1.29, 1.82) is 0 Å². The number of fused-ring (bicyclic) bond motifs is 4. The SMILES string of the molecule is C[C@@]12CC[C@]3(C)C(=C1C[C@@H](O)C2)CCC1=CC(=O)CC[C@H]13. The number of aliphatic hydroxyl groups excluding tert-OH is 1. The van der Waals surface area contributed by atoms with Crippen LogP contribution in [0.15, 0.2) is 22.8 Å². The van der Waals surface area contributed by atoms with E-state index >= 15 is 0 Å². The Balaban J connectivity index is 1.81. The molecule has 0 aliphatic heterocycles. The van der Waals surface area contributed by atoms with E-state index in [9.17, 15) is 9.90 Å². The zero-order valence-corrected chi connectivity index (χ0v) is 13.2. The number of aliphatic hydroxyl groups is 1. The molecule has 2 fully saturated rings. The van der Waals surface area contributed by atoms with Crippen LogP contribution >= 0.6 is 0 Å². The maximum absolute atomic E-state index is 11.7. The Morgan fingerprint density at radius 1 is 1.14 bits per heavy atom. The first-order valence-electron chi connectivity index (χ1n) is 8.57. The van der Waals surface area contributed by atoms with Gasteiger partial charge in [-0.2, -0.15) is 0 Å². The molecule has 4 aliphatic carbocycles. The van der Waals surface area contributed by atoms with Crippen molar-refractivity contribution in [2.24, 2.45) is 16.7 Å². The van der Waals surface area contributed by atoms with Gasteiger partial charge in [-0.15, -0.1) is 0 Å². The van der Waals surface area contributed by atoms with Crippen LogP contribution in [0.3, 0.4) is 0 Å². The van der Waals surface area contributed by atoms with Crippen molar-refractivity contribution < 1.29 is 9.90 Å². The highest BCUT2D eigenvalue weighted by Crippen LogP contribution is 2.63. The third-order valence-corrected chi connectivity index (χ3v) is 7.01. The zero-order chi connectivity index (χ0) is 14.8. The Morgan fingerprint density at radius 3 is 2.76 bits per heavy atom. The van der Waals surface area contributed by atoms with Crippen LogP contribution < -0.4 is 0 Å². The first-order valence-corrected chi connectivity index (χ1v) is 8.57. The summed E-state index contributed by atoms with van der Waals surface area (Å²) >= 11 is 0. The Labute approximate surface area is 127 Å². The summed E-state index contributed by atoms with van der Waals surface area (Å²) in [5, 5.41) is 10.2. The van der Waals surface area contributed by atoms with Crippen LogP contribution in [0.25, 0.3) is 0 Å². The molecule has 114 valence electrons. The summed E-state index contributed by atoms with van der Waals surface area (Å²) in [6.07, 6.45) is 10.1. The monoisotopic (exact) mass is 286 g/mol. The van der Waals surface area contributed by atoms with Crippen molar-refractivity contribution in [2.75, 3.05) is 0 Å². The lowest BCUT2D eigenvalue weighted by Gasteiger charge is -2.53. The first kappa shape index (κ1) is 13.8. The molecule has 4 atom stereocenters. The minimum atomic E-state index is -0.135. The largest absolute Gasteiger partial charge is 0.393 e. The molecule has 0 bridgehead atoms. The van der Waals surface area contributed by atoms with Crippen molar-refractivity contribution >= 4 is 5.78 Å². The van der Waals surface area contributed by atoms with Gasteiger partial charge in [-0.3, -0.25) is 4.79 Å². The molecule has 21 heavy (non-hydrogen) atoms. The molecule has 2 heteroatoms. The van der Waals surface area contributed by atoms with Crippen molar-refractivity contribution in [2.45, 2.75) is 71.3 Å². The second-order valence-corrected chi connectivity index (χ2v) is 8.27. The summed E-state index contributed by atoms with van der Waals surface area (Å²) in [7, 11) is 0. The Morgan fingerprint density at radius 2 is 1.95 bits per heavy atom. The van der Waals surface area contributed by atoms with Crippen LogP contribution in [0.4, 0.5) is 0 Å². The summed E-state index contributed by atoms with van der Waals surface area (Å²) in [4.78, 5) is 11.7. The molecule has 0 radical (unpaired) electrons. The van der Waals surface area contributed by atoms with Gasteiger partial charge in [0.15, 0.2) is 5.78 Å². The Hall–Kier alpha value is -0.890. The molecular weight excluding hydrogens is 260 g/mol. The van der Waals surface area contributed by atoms with Crippen LogP contribution in [-0.4, -0.2) is 17.0 Å². The molecule has 0 unspecified atom stereocenters. The fourth-order valence-corrected chi connectivity index (χ4v) is 5.89. The van der Waals surface area contributed by atoms with Crippen LogP contribution in [-0.2, 0) is 4.79 Å². The highest BCUT2D eigenvalue weighted by molar-refractivity contribution is 5.91. The quantitative estimate of drug-likeness (QED) is 0.685. The molecule has 0 aromatic carbocycles. The van der Waals surface area contributed by atoms with Gasteiger partial charge in [-0.1, -0.05) is 30.6 Å². The van der Waals surface area contributed by atoms with Crippen molar-refractivity contribution in [3.8, 4) is 0 Å². The van der Waals surface area contributed by atoms with E-state index in [0.29, 0.717) is 11.7 Å². The van der Waals surface area contributed by atoms with Crippen molar-refractivity contribution in [3.63, 3.8) is 0 Å². The topological polar surface area (TPSA) is 37.3 Å². The molecule has 4 aliphatic rings. The third-order valence-electron chi connectivity index (χ3n) is 7.01. The van der Waals surface area contributed by atoms with Gasteiger partial charge in [0.1, 0.15) is 0 Å². The lowest BCUT2D eigenvalue weighted by Crippen LogP contribution is -2.42. The standard InChI is InChI=1S/C19H26O2/c1-18-7-8-19(2)15-6-4-13(20)9-12(15)3-5-16(19)17(18)10-14(21)11-18/h9,14-15,21H,3-8,10-11H2,1-2H3/t14-,15-,18+,19+/m1/s1. The van der Waals surface area contributed by atoms with Crippen LogP contribution in [0.5, 0.6) is 0 Å². The minimum absolute atomic E-state index is 0.135. The third kappa shape index (κ3) is 1.84. The van der Waals surface area contributed by atoms with Gasteiger partial charge in [-0.25, -0.2) is 0 Å². The summed E-state index contributed by atoms with van der Waals surface area (Å²) in [5.74, 6) is 0.909. The molecular formula is C19H26O2. The molecule has 0 aromatic rings. The average Bonchev–Trinajstić information content (AvgIpc) is 2.73. The molecule has 0 saturated heterocycles. The molecule has 0 amide bonds. The molecule has 2 saturated carbocycles. The predicted molar refractivity (Wildman–Crippen MR) is 82.8 cm³/mol. The fourth-order valence-electron chi connectivity index (χ4n) is 5.89. The molecule has 4 rings (SSSR count). The van der Waals surface area contributed by atoms with Crippen LogP contribution in [0.1, 0.15) is 65.2 Å². The van der Waals surface area contributed by atoms with Gasteiger partial charge in [-0.05, 0) is 67.8 Å². The first-order chi connectivity index (χ1) is 9.92. The molecule has 1 N–H and O–H groups in total. The van der Waals surface area contributed by atoms with E-state index < -0.39 is 0 Å². The van der Waals surface area contributed by atoms with E-state index in [-0.39, 0.29) is 16.9 Å². The fraction of sp³-hybridized carbons (Fsp3) is 0.737. The highest BCUT2D eigenvalue weighted by Gasteiger charge is 2.53. The van der Waals surface area contributed by atoms with Gasteiger partial charge in [0.2, 0.25) is 0 Å². The summed E-state index contributed by atoms with van der Waals surface area (Å²) < 4.78 is 0. The van der Waals surface area contributed by atoms with Gasteiger partial charge in [0.05, 0.1) is 6.10 Å². The van der Waals surface area contributed by atoms with E-state index in [1.165, 1.54) is 18.4 Å². The predicted octanol–water partition coefficient (Wildman–Crippen LogP) is 3.94. The van der Waals surface area contributed by atoms with E-state index in [1.54, 1.807) is 11.1 Å². The van der Waals surface area contributed by atoms with Crippen LogP contribution in [0.2, 0.25) is 0 Å². The van der Waals surface area contributed by atoms with Gasteiger partial charge < -0.3 is 5.11 Å². The Bertz CT molecular complexity index is 570. The number of hydrogen-bond donors (Lipinski definition) is 1. The second-order valence-electron chi connectivity index (χ2n) is 8.27. The number of carbonyl (C=O) groups is 1. The molecule has 0 heterocycles. The molecule has 0 aromatic heterocycles. The van der Waals surface area contributed by atoms with E-state index in [0.717, 1.165) is 38.5 Å². The summed E-state index contributed by atoms with van der Waals surface area (Å²) in [6.45, 7) is 4.80. The molecule has 2 nitrogen and oxygen atoms in total. The summed E-state index contributed by atoms with van der Waals surface area (Å²) in [5.41, 5.74) is 5.16. The number of hydrogen-bond acceptors (Lipinski definition) is 2. The molecule has 0 spiro atoms. The van der Waals surface area contributed by atoms with E-state index in [4.69, 9.17) is 0 Å². The number of carbonyl (C=O) groups excluding carboxylic acids is 1. The average molecular weight is 286 g/mol. The second kappa shape index (κ2) is 4.32. The number of allylic oxidation sites excluding steroid dienone is 3. The lowest BCUT2D eigenvalue weighted by molar-refractivity contribution is -0.115. The minimum Gasteiger partial charge on any atom is -0.393 e. The number of rotatable bonds is 0. The van der Waals surface area contributed by atoms with Gasteiger partial charge in [0.25, 0.3) is 0 Å². The van der Waals surface area contributed by atoms with E-state index in [1.807, 2.05) is 6.08 Å². The maximum atomic E-state index is 11.7. The van der Waals surface area contributed by atoms with E-state index in [2.05, 4.69) is 13.8 Å². The smallest absolute Gasteiger partial charge is 0.155 e. The van der Waals surface area contributed by atoms with Crippen molar-refractivity contribution in [1.82, 2.24) is 0 Å². The normalized spacial score (nSPS) is 45.9. The van der Waals surface area contributed by atoms with Crippen LogP contribution in [0, 0.1) is 16.7 Å². The highest BCUT2D eigenvalue weighted by atomic mass is 16.3. The zero-order valence-electron chi connectivity index (χ0n) is 13.2. The maximum Gasteiger partial charge on any atom is 0.155 e.